The zero-order valence-electron chi connectivity index (χ0n) is 19.6. The largest absolute Gasteiger partial charge is 0.675 e. The topological polar surface area (TPSA) is 23.8 Å². The molecule has 0 heterocycles. The third-order valence-electron chi connectivity index (χ3n) is 5.22. The second-order valence-corrected chi connectivity index (χ2v) is 8.89. The molecule has 0 spiro atoms. The van der Waals surface area contributed by atoms with Crippen molar-refractivity contribution in [3.05, 3.63) is 89.2 Å². The molecule has 2 aliphatic carbocycles. The van der Waals surface area contributed by atoms with Crippen molar-refractivity contribution in [2.45, 2.75) is 66.1 Å². The van der Waals surface area contributed by atoms with E-state index in [2.05, 4.69) is 95.4 Å². The molecule has 0 amide bonds. The van der Waals surface area contributed by atoms with Gasteiger partial charge in [0.05, 0.1) is 0 Å². The Bertz CT molecular complexity index is 711. The molecule has 2 aromatic rings. The number of nitrogens with one attached hydrogen (secondary N) is 1. The summed E-state index contributed by atoms with van der Waals surface area (Å²) in [6.07, 6.45) is 6.96. The van der Waals surface area contributed by atoms with E-state index >= 15 is 0 Å². The average Bonchev–Trinajstić information content (AvgIpc) is 2.95. The van der Waals surface area contributed by atoms with E-state index < -0.39 is 0 Å². The van der Waals surface area contributed by atoms with Crippen LogP contribution in [0.4, 0.5) is 0 Å². The summed E-state index contributed by atoms with van der Waals surface area (Å²) in [6, 6.07) is 21.1. The molecule has 30 heavy (non-hydrogen) atoms. The van der Waals surface area contributed by atoms with Crippen molar-refractivity contribution < 1.29 is 25.8 Å². The van der Waals surface area contributed by atoms with Crippen LogP contribution in [0.3, 0.4) is 0 Å². The van der Waals surface area contributed by atoms with Crippen molar-refractivity contribution in [3.63, 3.8) is 0 Å². The summed E-state index contributed by atoms with van der Waals surface area (Å²) in [4.78, 5) is 0. The van der Waals surface area contributed by atoms with E-state index in [4.69, 9.17) is 5.73 Å². The molecule has 1 N–H and O–H groups in total. The predicted octanol–water partition coefficient (Wildman–Crippen LogP) is 8.18. The van der Waals surface area contributed by atoms with Gasteiger partial charge in [0.25, 0.3) is 0 Å². The fraction of sp³-hybridized carbons (Fsp3) is 0.407. The molecule has 0 aliphatic heterocycles. The molecule has 1 radical (unpaired) electrons. The van der Waals surface area contributed by atoms with Gasteiger partial charge in [0.2, 0.25) is 0 Å². The number of hydrogen-bond acceptors (Lipinski definition) is 0. The van der Waals surface area contributed by atoms with Gasteiger partial charge in [0, 0.05) is 35.4 Å². The van der Waals surface area contributed by atoms with Crippen LogP contribution in [-0.4, -0.2) is 15.6 Å². The molecule has 161 valence electrons. The summed E-state index contributed by atoms with van der Waals surface area (Å²) >= 11 is 0. The zero-order valence-corrected chi connectivity index (χ0v) is 24.4. The maximum Gasteiger partial charge on any atom is 0.0213 e. The van der Waals surface area contributed by atoms with Crippen molar-refractivity contribution in [2.24, 2.45) is 5.92 Å². The molecule has 0 saturated heterocycles. The van der Waals surface area contributed by atoms with Gasteiger partial charge in [-0.25, -0.2) is 5.57 Å². The minimum absolute atomic E-state index is 0. The Balaban J connectivity index is 0.000000413. The van der Waals surface area contributed by atoms with Crippen LogP contribution < -0.4 is 0 Å². The van der Waals surface area contributed by atoms with Gasteiger partial charge in [-0.3, -0.25) is 6.08 Å². The summed E-state index contributed by atoms with van der Waals surface area (Å²) in [5.74, 6) is 0.560. The quantitative estimate of drug-likeness (QED) is 0.239. The van der Waals surface area contributed by atoms with E-state index in [0.29, 0.717) is 12.0 Å². The normalized spacial score (nSPS) is 16.9. The van der Waals surface area contributed by atoms with E-state index in [0.717, 1.165) is 22.4 Å². The Morgan fingerprint density at radius 2 is 1.20 bits per heavy atom. The van der Waals surface area contributed by atoms with Crippen molar-refractivity contribution in [1.82, 2.24) is 0 Å². The minimum atomic E-state index is 0. The zero-order chi connectivity index (χ0) is 21.6. The maximum absolute atomic E-state index is 6.91. The minimum Gasteiger partial charge on any atom is -0.675 e. The fourth-order valence-electron chi connectivity index (χ4n) is 2.83. The number of hydrogen-bond donors (Lipinski definition) is 0. The van der Waals surface area contributed by atoms with Gasteiger partial charge in [0.1, 0.15) is 0 Å². The van der Waals surface area contributed by atoms with Gasteiger partial charge in [0.15, 0.2) is 0 Å². The first-order chi connectivity index (χ1) is 13.9. The number of rotatable bonds is 1. The van der Waals surface area contributed by atoms with Crippen LogP contribution in [-0.2, 0) is 25.8 Å². The molecular formula is C27H38HfNSi-2. The van der Waals surface area contributed by atoms with Crippen molar-refractivity contribution >= 4 is 9.52 Å². The molecule has 0 aromatic heterocycles. The van der Waals surface area contributed by atoms with Crippen LogP contribution in [0.2, 0.25) is 13.1 Å². The van der Waals surface area contributed by atoms with Crippen molar-refractivity contribution in [3.8, 4) is 11.1 Å². The smallest absolute Gasteiger partial charge is 0.0213 e. The summed E-state index contributed by atoms with van der Waals surface area (Å²) in [6.45, 7) is 13.1. The Kier molecular flexibility index (Phi) is 16.1. The van der Waals surface area contributed by atoms with Crippen LogP contribution in [0.1, 0.15) is 47.0 Å². The number of benzene rings is 2. The Labute approximate surface area is 206 Å². The molecular weight excluding hydrogens is 545 g/mol. The molecule has 1 nitrogen and oxygen atoms in total. The molecule has 2 aliphatic rings. The predicted molar refractivity (Wildman–Crippen MR) is 133 cm³/mol. The maximum atomic E-state index is 6.91. The summed E-state index contributed by atoms with van der Waals surface area (Å²) in [5, 5.41) is 0. The average molecular weight is 583 g/mol. The van der Waals surface area contributed by atoms with Crippen molar-refractivity contribution in [2.75, 3.05) is 0 Å². The standard InChI is InChI=1S/C12H10.C9H13.C4H8N.C2H7Si.Hf/c1-3-7-11(8-4-1)12-9-5-2-6-10-12;1-6-5-7(2)9(4)8(6)3;5-4-2-1-3-4;1-3-2;/h1-10H;6H,1-4H3;4-5H,1-3H2;3H,1-2H3;/q;2*-1;;. The van der Waals surface area contributed by atoms with E-state index in [-0.39, 0.29) is 25.8 Å². The SMILES string of the molecule is CC1=[C-]C(C)C(C)=C1C.C[SiH]C.[Hf].[NH-]C1CCC1.c1ccc(-c2ccccc2)cc1. The summed E-state index contributed by atoms with van der Waals surface area (Å²) < 4.78 is 0. The Hall–Kier alpha value is -1.03. The molecule has 0 bridgehead atoms. The van der Waals surface area contributed by atoms with E-state index in [1.54, 1.807) is 0 Å². The molecule has 4 rings (SSSR count). The first-order valence-electron chi connectivity index (χ1n) is 10.7. The van der Waals surface area contributed by atoms with Crippen LogP contribution in [0, 0.1) is 12.0 Å². The van der Waals surface area contributed by atoms with Crippen LogP contribution in [0.25, 0.3) is 16.9 Å². The Morgan fingerprint density at radius 1 is 0.833 bits per heavy atom. The first kappa shape index (κ1) is 29.0. The van der Waals surface area contributed by atoms with E-state index in [1.165, 1.54) is 34.3 Å². The fourth-order valence-corrected chi connectivity index (χ4v) is 2.83. The molecule has 1 fully saturated rings. The molecule has 3 heteroatoms. The van der Waals surface area contributed by atoms with E-state index in [9.17, 15) is 0 Å². The van der Waals surface area contributed by atoms with Gasteiger partial charge in [-0.05, 0) is 11.1 Å². The molecule has 1 saturated carbocycles. The van der Waals surface area contributed by atoms with Crippen LogP contribution >= 0.6 is 0 Å². The third-order valence-corrected chi connectivity index (χ3v) is 5.22. The molecule has 2 aromatic carbocycles. The molecule has 1 atom stereocenters. The third kappa shape index (κ3) is 10.8. The summed E-state index contributed by atoms with van der Waals surface area (Å²) in [5.41, 5.74) is 13.7. The first-order valence-corrected chi connectivity index (χ1v) is 13.0. The number of allylic oxidation sites excluding steroid dienone is 4. The van der Waals surface area contributed by atoms with Crippen molar-refractivity contribution in [1.29, 1.82) is 0 Å². The van der Waals surface area contributed by atoms with Gasteiger partial charge >= 0.3 is 0 Å². The summed E-state index contributed by atoms with van der Waals surface area (Å²) in [7, 11) is 0.750. The molecule has 1 unspecified atom stereocenters. The van der Waals surface area contributed by atoms with Gasteiger partial charge in [-0.15, -0.1) is 13.0 Å². The monoisotopic (exact) mass is 584 g/mol. The van der Waals surface area contributed by atoms with E-state index in [1.807, 2.05) is 12.1 Å². The second kappa shape index (κ2) is 16.6. The van der Waals surface area contributed by atoms with Crippen LogP contribution in [0.5, 0.6) is 0 Å². The van der Waals surface area contributed by atoms with Crippen LogP contribution in [0.15, 0.2) is 77.4 Å². The Morgan fingerprint density at radius 3 is 1.37 bits per heavy atom. The van der Waals surface area contributed by atoms with Gasteiger partial charge < -0.3 is 5.73 Å². The van der Waals surface area contributed by atoms with Gasteiger partial charge in [-0.1, -0.05) is 120 Å². The second-order valence-electron chi connectivity index (χ2n) is 7.74. The van der Waals surface area contributed by atoms with Gasteiger partial charge in [-0.2, -0.15) is 11.1 Å².